The van der Waals surface area contributed by atoms with Crippen molar-refractivity contribution in [3.8, 4) is 12.3 Å². The molecule has 1 aromatic heterocycles. The Morgan fingerprint density at radius 2 is 2.23 bits per heavy atom. The summed E-state index contributed by atoms with van der Waals surface area (Å²) in [7, 11) is 0. The molecule has 0 radical (unpaired) electrons. The van der Waals surface area contributed by atoms with E-state index in [-0.39, 0.29) is 11.7 Å². The molecule has 0 saturated carbocycles. The summed E-state index contributed by atoms with van der Waals surface area (Å²) in [6.45, 7) is 7.46. The lowest BCUT2D eigenvalue weighted by Gasteiger charge is -2.01. The van der Waals surface area contributed by atoms with Gasteiger partial charge in [-0.2, -0.15) is 0 Å². The number of aromatic nitrogens is 1. The van der Waals surface area contributed by atoms with Crippen LogP contribution in [0.5, 0.6) is 0 Å². The van der Waals surface area contributed by atoms with E-state index in [2.05, 4.69) is 22.8 Å². The number of halogens is 1. The number of rotatable bonds is 3. The Bertz CT molecular complexity index is 735. The van der Waals surface area contributed by atoms with Gasteiger partial charge in [0.25, 0.3) is 0 Å². The van der Waals surface area contributed by atoms with Gasteiger partial charge in [0.1, 0.15) is 5.82 Å². The van der Waals surface area contributed by atoms with Crippen molar-refractivity contribution in [2.24, 2.45) is 0 Å². The highest BCUT2D eigenvalue weighted by Crippen LogP contribution is 2.16. The number of benzene rings is 1. The molecule has 0 fully saturated rings. The summed E-state index contributed by atoms with van der Waals surface area (Å²) in [5, 5.41) is 3.51. The SMILES string of the molecule is C#C/C=C\C.C=C(C)C(=O)NCc1cc2cc(F)ccc2[nH]1. The highest BCUT2D eigenvalue weighted by Gasteiger charge is 2.04. The van der Waals surface area contributed by atoms with Crippen LogP contribution in [0.2, 0.25) is 0 Å². The molecule has 0 unspecified atom stereocenters. The standard InChI is InChI=1S/C13H13FN2O.C5H6/c1-8(2)13(17)15-7-11-6-9-5-10(14)3-4-12(9)16-11;1-3-5-4-2/h3-6,16H,1,7H2,2H3,(H,15,17);1,4-5H,2H3/b;5-4-. The third-order valence-electron chi connectivity index (χ3n) is 2.73. The smallest absolute Gasteiger partial charge is 0.246 e. The van der Waals surface area contributed by atoms with E-state index < -0.39 is 0 Å². The second-order valence-electron chi connectivity index (χ2n) is 4.66. The van der Waals surface area contributed by atoms with E-state index in [0.717, 1.165) is 16.6 Å². The summed E-state index contributed by atoms with van der Waals surface area (Å²) in [5.41, 5.74) is 2.15. The number of aromatic amines is 1. The highest BCUT2D eigenvalue weighted by atomic mass is 19.1. The second kappa shape index (κ2) is 8.48. The summed E-state index contributed by atoms with van der Waals surface area (Å²) >= 11 is 0. The van der Waals surface area contributed by atoms with E-state index in [9.17, 15) is 9.18 Å². The number of allylic oxidation sites excluding steroid dienone is 2. The predicted octanol–water partition coefficient (Wildman–Crippen LogP) is 3.70. The number of carbonyl (C=O) groups is 1. The van der Waals surface area contributed by atoms with Gasteiger partial charge in [-0.25, -0.2) is 4.39 Å². The molecule has 0 spiro atoms. The average Bonchev–Trinajstić information content (AvgIpc) is 2.88. The largest absolute Gasteiger partial charge is 0.357 e. The first kappa shape index (κ1) is 17.3. The van der Waals surface area contributed by atoms with Crippen LogP contribution in [0.3, 0.4) is 0 Å². The molecular formula is C18H19FN2O. The van der Waals surface area contributed by atoms with Gasteiger partial charge in [-0.05, 0) is 44.2 Å². The Hall–Kier alpha value is -2.80. The molecule has 3 nitrogen and oxygen atoms in total. The summed E-state index contributed by atoms with van der Waals surface area (Å²) < 4.78 is 13.0. The monoisotopic (exact) mass is 298 g/mol. The Morgan fingerprint density at radius 3 is 2.77 bits per heavy atom. The summed E-state index contributed by atoms with van der Waals surface area (Å²) in [6.07, 6.45) is 8.27. The molecule has 0 aliphatic heterocycles. The van der Waals surface area contributed by atoms with Gasteiger partial charge in [0.2, 0.25) is 5.91 Å². The van der Waals surface area contributed by atoms with Crippen molar-refractivity contribution in [1.82, 2.24) is 10.3 Å². The van der Waals surface area contributed by atoms with Gasteiger partial charge in [-0.3, -0.25) is 4.79 Å². The Balaban J connectivity index is 0.000000422. The van der Waals surface area contributed by atoms with Crippen LogP contribution in [0.1, 0.15) is 19.5 Å². The molecule has 1 aromatic carbocycles. The van der Waals surface area contributed by atoms with Gasteiger partial charge >= 0.3 is 0 Å². The van der Waals surface area contributed by atoms with Crippen LogP contribution in [0.25, 0.3) is 10.9 Å². The van der Waals surface area contributed by atoms with Crippen molar-refractivity contribution in [2.45, 2.75) is 20.4 Å². The van der Waals surface area contributed by atoms with Crippen LogP contribution < -0.4 is 5.32 Å². The third-order valence-corrected chi connectivity index (χ3v) is 2.73. The normalized spacial score (nSPS) is 9.91. The van der Waals surface area contributed by atoms with Gasteiger partial charge in [0.05, 0.1) is 6.54 Å². The molecule has 2 rings (SSSR count). The summed E-state index contributed by atoms with van der Waals surface area (Å²) in [4.78, 5) is 14.4. The number of hydrogen-bond acceptors (Lipinski definition) is 1. The van der Waals surface area contributed by atoms with Crippen LogP contribution in [0, 0.1) is 18.2 Å². The second-order valence-corrected chi connectivity index (χ2v) is 4.66. The van der Waals surface area contributed by atoms with Gasteiger partial charge in [0, 0.05) is 22.2 Å². The number of amides is 1. The minimum atomic E-state index is -0.269. The number of hydrogen-bond donors (Lipinski definition) is 2. The maximum Gasteiger partial charge on any atom is 0.246 e. The highest BCUT2D eigenvalue weighted by molar-refractivity contribution is 5.92. The van der Waals surface area contributed by atoms with Crippen LogP contribution in [0.4, 0.5) is 4.39 Å². The van der Waals surface area contributed by atoms with E-state index in [4.69, 9.17) is 6.42 Å². The molecule has 0 bridgehead atoms. The van der Waals surface area contributed by atoms with E-state index in [1.807, 2.05) is 19.1 Å². The van der Waals surface area contributed by atoms with E-state index in [1.54, 1.807) is 19.1 Å². The first-order valence-corrected chi connectivity index (χ1v) is 6.76. The van der Waals surface area contributed by atoms with E-state index >= 15 is 0 Å². The van der Waals surface area contributed by atoms with E-state index in [0.29, 0.717) is 12.1 Å². The number of carbonyl (C=O) groups excluding carboxylic acids is 1. The lowest BCUT2D eigenvalue weighted by Crippen LogP contribution is -2.23. The molecule has 22 heavy (non-hydrogen) atoms. The number of terminal acetylenes is 1. The van der Waals surface area contributed by atoms with Gasteiger partial charge in [0.15, 0.2) is 0 Å². The number of nitrogens with one attached hydrogen (secondary N) is 2. The predicted molar refractivity (Wildman–Crippen MR) is 88.6 cm³/mol. The molecule has 2 aromatic rings. The molecular weight excluding hydrogens is 279 g/mol. The first-order chi connectivity index (χ1) is 10.5. The summed E-state index contributed by atoms with van der Waals surface area (Å²) in [6, 6.07) is 6.34. The fraction of sp³-hybridized carbons (Fsp3) is 0.167. The van der Waals surface area contributed by atoms with Crippen molar-refractivity contribution < 1.29 is 9.18 Å². The lowest BCUT2D eigenvalue weighted by molar-refractivity contribution is -0.117. The molecule has 114 valence electrons. The molecule has 0 atom stereocenters. The van der Waals surface area contributed by atoms with Crippen molar-refractivity contribution in [1.29, 1.82) is 0 Å². The molecule has 4 heteroatoms. The maximum absolute atomic E-state index is 13.0. The zero-order valence-electron chi connectivity index (χ0n) is 12.7. The van der Waals surface area contributed by atoms with Crippen molar-refractivity contribution in [2.75, 3.05) is 0 Å². The van der Waals surface area contributed by atoms with Crippen LogP contribution >= 0.6 is 0 Å². The zero-order chi connectivity index (χ0) is 16.5. The molecule has 0 aliphatic carbocycles. The minimum Gasteiger partial charge on any atom is -0.357 e. The fourth-order valence-corrected chi connectivity index (χ4v) is 1.68. The molecule has 1 amide bonds. The fourth-order valence-electron chi connectivity index (χ4n) is 1.68. The quantitative estimate of drug-likeness (QED) is 0.658. The molecule has 1 heterocycles. The molecule has 0 saturated heterocycles. The number of fused-ring (bicyclic) bond motifs is 1. The summed E-state index contributed by atoms with van der Waals surface area (Å²) in [5.74, 6) is 1.88. The zero-order valence-corrected chi connectivity index (χ0v) is 12.7. The van der Waals surface area contributed by atoms with Crippen molar-refractivity contribution >= 4 is 16.8 Å². The van der Waals surface area contributed by atoms with Crippen LogP contribution in [-0.2, 0) is 11.3 Å². The molecule has 0 aliphatic rings. The lowest BCUT2D eigenvalue weighted by atomic mass is 10.2. The van der Waals surface area contributed by atoms with Gasteiger partial charge in [-0.1, -0.05) is 18.6 Å². The third kappa shape index (κ3) is 5.29. The number of H-pyrrole nitrogens is 1. The van der Waals surface area contributed by atoms with Crippen LogP contribution in [0.15, 0.2) is 48.6 Å². The Labute approximate surface area is 129 Å². The van der Waals surface area contributed by atoms with Crippen LogP contribution in [-0.4, -0.2) is 10.9 Å². The maximum atomic E-state index is 13.0. The van der Waals surface area contributed by atoms with Crippen molar-refractivity contribution in [3.05, 3.63) is 60.1 Å². The Morgan fingerprint density at radius 1 is 1.50 bits per heavy atom. The molecule has 2 N–H and O–H groups in total. The first-order valence-electron chi connectivity index (χ1n) is 6.76. The topological polar surface area (TPSA) is 44.9 Å². The average molecular weight is 298 g/mol. The Kier molecular flexibility index (Phi) is 6.65. The minimum absolute atomic E-state index is 0.185. The van der Waals surface area contributed by atoms with Gasteiger partial charge in [-0.15, -0.1) is 6.42 Å². The van der Waals surface area contributed by atoms with Gasteiger partial charge < -0.3 is 10.3 Å². The van der Waals surface area contributed by atoms with E-state index in [1.165, 1.54) is 12.1 Å². The van der Waals surface area contributed by atoms with Crippen molar-refractivity contribution in [3.63, 3.8) is 0 Å².